The normalized spacial score (nSPS) is 11.2. The van der Waals surface area contributed by atoms with Gasteiger partial charge in [0.05, 0.1) is 4.88 Å². The number of benzene rings is 1. The van der Waals surface area contributed by atoms with Crippen molar-refractivity contribution < 1.29 is 4.39 Å². The number of halogens is 1. The zero-order chi connectivity index (χ0) is 19.8. The van der Waals surface area contributed by atoms with E-state index in [-0.39, 0.29) is 5.82 Å². The third-order valence-corrected chi connectivity index (χ3v) is 6.21. The summed E-state index contributed by atoms with van der Waals surface area (Å²) < 4.78 is 15.6. The van der Waals surface area contributed by atoms with Crippen molar-refractivity contribution in [2.75, 3.05) is 0 Å². The summed E-state index contributed by atoms with van der Waals surface area (Å²) in [4.78, 5) is 35.1. The van der Waals surface area contributed by atoms with Gasteiger partial charge in [-0.3, -0.25) is 13.9 Å². The Morgan fingerprint density at radius 3 is 2.50 bits per heavy atom. The van der Waals surface area contributed by atoms with Crippen molar-refractivity contribution in [3.8, 4) is 10.7 Å². The fraction of sp³-hybridized carbons (Fsp3) is 0.158. The average Bonchev–Trinajstić information content (AvgIpc) is 3.24. The van der Waals surface area contributed by atoms with E-state index in [4.69, 9.17) is 0 Å². The number of thiophene rings is 1. The molecule has 0 saturated heterocycles. The Labute approximate surface area is 167 Å². The van der Waals surface area contributed by atoms with Crippen LogP contribution in [0.2, 0.25) is 0 Å². The second kappa shape index (κ2) is 7.33. The van der Waals surface area contributed by atoms with Gasteiger partial charge in [-0.1, -0.05) is 18.2 Å². The number of fused-ring (bicyclic) bond motifs is 1. The molecule has 142 valence electrons. The molecule has 0 N–H and O–H groups in total. The molecule has 0 atom stereocenters. The van der Waals surface area contributed by atoms with Gasteiger partial charge in [0.15, 0.2) is 11.5 Å². The minimum atomic E-state index is -0.442. The average molecular weight is 414 g/mol. The van der Waals surface area contributed by atoms with Crippen molar-refractivity contribution >= 4 is 34.1 Å². The van der Waals surface area contributed by atoms with Gasteiger partial charge in [0, 0.05) is 19.8 Å². The smallest absolute Gasteiger partial charge is 0.280 e. The maximum atomic E-state index is 13.1. The van der Waals surface area contributed by atoms with Crippen molar-refractivity contribution in [2.24, 2.45) is 14.1 Å². The van der Waals surface area contributed by atoms with Crippen molar-refractivity contribution in [3.63, 3.8) is 0 Å². The van der Waals surface area contributed by atoms with Gasteiger partial charge in [-0.25, -0.2) is 19.2 Å². The molecule has 0 fully saturated rings. The maximum absolute atomic E-state index is 13.1. The summed E-state index contributed by atoms with van der Waals surface area (Å²) in [6, 6.07) is 9.96. The maximum Gasteiger partial charge on any atom is 0.332 e. The molecule has 28 heavy (non-hydrogen) atoms. The van der Waals surface area contributed by atoms with Crippen LogP contribution in [0.15, 0.2) is 56.4 Å². The first-order valence-corrected chi connectivity index (χ1v) is 10.2. The Morgan fingerprint density at radius 1 is 1.07 bits per heavy atom. The Bertz CT molecular complexity index is 1280. The first-order chi connectivity index (χ1) is 13.5. The standard InChI is InChI=1S/C19H15FN4O2S2/c1-23-16-14(18(25)24(2)19(23)26)17(22-15(21-16)13-4-3-9-27-13)28-10-11-5-7-12(20)8-6-11/h3-9H,10H2,1-2H3. The number of hydrogen-bond donors (Lipinski definition) is 0. The number of rotatable bonds is 4. The molecule has 1 aromatic carbocycles. The molecule has 0 bridgehead atoms. The quantitative estimate of drug-likeness (QED) is 0.379. The van der Waals surface area contributed by atoms with E-state index in [1.807, 2.05) is 17.5 Å². The summed E-state index contributed by atoms with van der Waals surface area (Å²) in [5.74, 6) is 0.667. The molecule has 0 aliphatic heterocycles. The van der Waals surface area contributed by atoms with E-state index in [0.717, 1.165) is 15.0 Å². The molecule has 0 aliphatic carbocycles. The van der Waals surface area contributed by atoms with Gasteiger partial charge in [-0.15, -0.1) is 23.1 Å². The largest absolute Gasteiger partial charge is 0.332 e. The first kappa shape index (κ1) is 18.6. The SMILES string of the molecule is Cn1c(=O)c2c(SCc3ccc(F)cc3)nc(-c3cccs3)nc2n(C)c1=O. The Kier molecular flexibility index (Phi) is 4.86. The molecule has 0 aliphatic rings. The summed E-state index contributed by atoms with van der Waals surface area (Å²) in [6.07, 6.45) is 0. The van der Waals surface area contributed by atoms with Crippen LogP contribution in [0, 0.1) is 5.82 Å². The molecular weight excluding hydrogens is 399 g/mol. The highest BCUT2D eigenvalue weighted by atomic mass is 32.2. The van der Waals surface area contributed by atoms with E-state index in [0.29, 0.717) is 27.6 Å². The molecule has 4 rings (SSSR count). The number of thioether (sulfide) groups is 1. The molecule has 0 saturated carbocycles. The van der Waals surface area contributed by atoms with Crippen LogP contribution in [0.1, 0.15) is 5.56 Å². The van der Waals surface area contributed by atoms with Gasteiger partial charge < -0.3 is 0 Å². The van der Waals surface area contributed by atoms with Crippen LogP contribution in [0.25, 0.3) is 21.7 Å². The molecule has 0 amide bonds. The number of aromatic nitrogens is 4. The Morgan fingerprint density at radius 2 is 1.82 bits per heavy atom. The zero-order valence-corrected chi connectivity index (χ0v) is 16.7. The van der Waals surface area contributed by atoms with E-state index in [1.165, 1.54) is 46.8 Å². The van der Waals surface area contributed by atoms with Crippen LogP contribution in [-0.4, -0.2) is 19.1 Å². The predicted octanol–water partition coefficient (Wildman–Crippen LogP) is 3.19. The van der Waals surface area contributed by atoms with Gasteiger partial charge in [-0.05, 0) is 29.1 Å². The molecule has 9 heteroatoms. The van der Waals surface area contributed by atoms with Gasteiger partial charge in [0.2, 0.25) is 0 Å². The van der Waals surface area contributed by atoms with Crippen LogP contribution in [0.5, 0.6) is 0 Å². The Balaban J connectivity index is 1.90. The lowest BCUT2D eigenvalue weighted by Crippen LogP contribution is -2.37. The molecular formula is C19H15FN4O2S2. The molecule has 4 aromatic rings. The van der Waals surface area contributed by atoms with Crippen LogP contribution in [-0.2, 0) is 19.8 Å². The van der Waals surface area contributed by atoms with Gasteiger partial charge in [0.1, 0.15) is 16.2 Å². The van der Waals surface area contributed by atoms with Crippen molar-refractivity contribution in [2.45, 2.75) is 10.8 Å². The predicted molar refractivity (Wildman–Crippen MR) is 109 cm³/mol. The van der Waals surface area contributed by atoms with Gasteiger partial charge in [-0.2, -0.15) is 0 Å². The highest BCUT2D eigenvalue weighted by molar-refractivity contribution is 7.98. The van der Waals surface area contributed by atoms with E-state index < -0.39 is 11.2 Å². The summed E-state index contributed by atoms with van der Waals surface area (Å²) >= 11 is 2.84. The lowest BCUT2D eigenvalue weighted by Gasteiger charge is -2.11. The van der Waals surface area contributed by atoms with Crippen molar-refractivity contribution in [1.29, 1.82) is 0 Å². The number of hydrogen-bond acceptors (Lipinski definition) is 6. The van der Waals surface area contributed by atoms with Crippen LogP contribution < -0.4 is 11.2 Å². The summed E-state index contributed by atoms with van der Waals surface area (Å²) in [5.41, 5.74) is 0.325. The summed E-state index contributed by atoms with van der Waals surface area (Å²) in [6.45, 7) is 0. The minimum Gasteiger partial charge on any atom is -0.280 e. The van der Waals surface area contributed by atoms with E-state index >= 15 is 0 Å². The monoisotopic (exact) mass is 414 g/mol. The molecule has 0 radical (unpaired) electrons. The van der Waals surface area contributed by atoms with Crippen molar-refractivity contribution in [3.05, 3.63) is 74.0 Å². The second-order valence-electron chi connectivity index (χ2n) is 6.15. The minimum absolute atomic E-state index is 0.299. The van der Waals surface area contributed by atoms with Crippen molar-refractivity contribution in [1.82, 2.24) is 19.1 Å². The van der Waals surface area contributed by atoms with E-state index in [1.54, 1.807) is 19.2 Å². The lowest BCUT2D eigenvalue weighted by molar-refractivity contribution is 0.627. The summed E-state index contributed by atoms with van der Waals surface area (Å²) in [7, 11) is 3.02. The second-order valence-corrected chi connectivity index (χ2v) is 8.06. The van der Waals surface area contributed by atoms with Crippen LogP contribution in [0.4, 0.5) is 4.39 Å². The van der Waals surface area contributed by atoms with E-state index in [9.17, 15) is 14.0 Å². The van der Waals surface area contributed by atoms with Crippen LogP contribution in [0.3, 0.4) is 0 Å². The highest BCUT2D eigenvalue weighted by Gasteiger charge is 2.18. The zero-order valence-electron chi connectivity index (χ0n) is 15.0. The highest BCUT2D eigenvalue weighted by Crippen LogP contribution is 2.29. The third kappa shape index (κ3) is 3.27. The summed E-state index contributed by atoms with van der Waals surface area (Å²) in [5, 5.41) is 2.71. The van der Waals surface area contributed by atoms with Gasteiger partial charge in [0.25, 0.3) is 5.56 Å². The molecule has 6 nitrogen and oxygen atoms in total. The Hall–Kier alpha value is -2.78. The van der Waals surface area contributed by atoms with E-state index in [2.05, 4.69) is 9.97 Å². The fourth-order valence-corrected chi connectivity index (χ4v) is 4.41. The number of aryl methyl sites for hydroxylation is 1. The first-order valence-electron chi connectivity index (χ1n) is 8.34. The molecule has 3 heterocycles. The molecule has 3 aromatic heterocycles. The fourth-order valence-electron chi connectivity index (χ4n) is 2.78. The topological polar surface area (TPSA) is 69.8 Å². The van der Waals surface area contributed by atoms with Gasteiger partial charge >= 0.3 is 5.69 Å². The van der Waals surface area contributed by atoms with Crippen LogP contribution >= 0.6 is 23.1 Å². The molecule has 0 spiro atoms. The lowest BCUT2D eigenvalue weighted by atomic mass is 10.2. The number of nitrogens with zero attached hydrogens (tertiary/aromatic N) is 4. The third-order valence-electron chi connectivity index (χ3n) is 4.30. The molecule has 0 unspecified atom stereocenters.